The number of hydrogen-bond acceptors (Lipinski definition) is 7. The molecule has 0 aliphatic rings. The van der Waals surface area contributed by atoms with Crippen molar-refractivity contribution in [3.63, 3.8) is 0 Å². The molecule has 2 heterocycles. The Hall–Kier alpha value is -2.65. The highest BCUT2D eigenvalue weighted by Gasteiger charge is 2.19. The normalized spacial score (nSPS) is 10.8. The third-order valence-electron chi connectivity index (χ3n) is 4.01. The summed E-state index contributed by atoms with van der Waals surface area (Å²) in [7, 11) is 1.35. The fourth-order valence-corrected chi connectivity index (χ4v) is 4.54. The molecule has 0 spiro atoms. The number of benzene rings is 1. The number of H-pyrrole nitrogens is 1. The second kappa shape index (κ2) is 9.03. The first-order chi connectivity index (χ1) is 13.5. The molecule has 2 N–H and O–H groups in total. The maximum atomic E-state index is 12.6. The molecule has 1 amide bonds. The van der Waals surface area contributed by atoms with Crippen LogP contribution < -0.4 is 10.9 Å². The molecule has 0 fully saturated rings. The number of aromatic amines is 1. The van der Waals surface area contributed by atoms with Crippen molar-refractivity contribution in [2.45, 2.75) is 24.9 Å². The summed E-state index contributed by atoms with van der Waals surface area (Å²) in [6.45, 7) is 1.75. The standard InChI is InChI=1S/C19H19N3O4S2/c1-11-14-16(24)21-19(27-10-6-9-13(23)26-2)22-18(14)28-15(11)17(25)20-12-7-4-3-5-8-12/h3-5,7-8H,6,9-10H2,1-2H3,(H,20,25)(H,21,22,24). The maximum Gasteiger partial charge on any atom is 0.305 e. The third kappa shape index (κ3) is 4.60. The van der Waals surface area contributed by atoms with Crippen LogP contribution in [0.3, 0.4) is 0 Å². The number of amides is 1. The number of anilines is 1. The lowest BCUT2D eigenvalue weighted by molar-refractivity contribution is -0.140. The predicted molar refractivity (Wildman–Crippen MR) is 111 cm³/mol. The molecule has 3 rings (SSSR count). The average Bonchev–Trinajstić information content (AvgIpc) is 3.03. The van der Waals surface area contributed by atoms with Gasteiger partial charge < -0.3 is 15.0 Å². The molecule has 1 aromatic carbocycles. The largest absolute Gasteiger partial charge is 0.469 e. The number of fused-ring (bicyclic) bond motifs is 1. The number of esters is 1. The number of ether oxygens (including phenoxy) is 1. The van der Waals surface area contributed by atoms with Gasteiger partial charge in [0.2, 0.25) is 0 Å². The Morgan fingerprint density at radius 1 is 1.29 bits per heavy atom. The monoisotopic (exact) mass is 417 g/mol. The number of thiophene rings is 1. The number of carbonyl (C=O) groups is 2. The van der Waals surface area contributed by atoms with Gasteiger partial charge in [0.25, 0.3) is 11.5 Å². The Bertz CT molecular complexity index is 1060. The molecule has 28 heavy (non-hydrogen) atoms. The molecule has 0 aliphatic heterocycles. The minimum Gasteiger partial charge on any atom is -0.469 e. The van der Waals surface area contributed by atoms with E-state index in [-0.39, 0.29) is 17.4 Å². The number of nitrogens with one attached hydrogen (secondary N) is 2. The minimum absolute atomic E-state index is 0.263. The molecule has 0 aliphatic carbocycles. The lowest BCUT2D eigenvalue weighted by atomic mass is 10.2. The first-order valence-corrected chi connectivity index (χ1v) is 10.4. The minimum atomic E-state index is -0.270. The van der Waals surface area contributed by atoms with E-state index in [0.29, 0.717) is 50.1 Å². The Morgan fingerprint density at radius 2 is 2.04 bits per heavy atom. The molecule has 0 radical (unpaired) electrons. The van der Waals surface area contributed by atoms with E-state index in [1.165, 1.54) is 30.2 Å². The second-order valence-corrected chi connectivity index (χ2v) is 8.04. The van der Waals surface area contributed by atoms with Crippen LogP contribution in [0.25, 0.3) is 10.2 Å². The highest BCUT2D eigenvalue weighted by atomic mass is 32.2. The van der Waals surface area contributed by atoms with Crippen molar-refractivity contribution < 1.29 is 14.3 Å². The molecule has 0 saturated carbocycles. The molecule has 3 aromatic rings. The summed E-state index contributed by atoms with van der Waals surface area (Å²) in [6, 6.07) is 9.14. The Balaban J connectivity index is 1.78. The van der Waals surface area contributed by atoms with Gasteiger partial charge in [-0.2, -0.15) is 0 Å². The fourth-order valence-electron chi connectivity index (χ4n) is 2.61. The summed E-state index contributed by atoms with van der Waals surface area (Å²) in [5.41, 5.74) is 1.03. The molecule has 0 saturated heterocycles. The van der Waals surface area contributed by atoms with Crippen molar-refractivity contribution in [3.05, 3.63) is 51.1 Å². The molecule has 2 aromatic heterocycles. The molecular weight excluding hydrogens is 398 g/mol. The van der Waals surface area contributed by atoms with Crippen LogP contribution in [0.4, 0.5) is 5.69 Å². The van der Waals surface area contributed by atoms with E-state index in [1.54, 1.807) is 19.1 Å². The third-order valence-corrected chi connectivity index (χ3v) is 6.15. The number of aryl methyl sites for hydroxylation is 1. The van der Waals surface area contributed by atoms with Crippen molar-refractivity contribution in [2.75, 3.05) is 18.2 Å². The SMILES string of the molecule is COC(=O)CCCSc1nc2sc(C(=O)Nc3ccccc3)c(C)c2c(=O)[nH]1. The predicted octanol–water partition coefficient (Wildman–Crippen LogP) is 3.59. The summed E-state index contributed by atoms with van der Waals surface area (Å²) < 4.78 is 4.60. The van der Waals surface area contributed by atoms with Crippen molar-refractivity contribution in [1.82, 2.24) is 9.97 Å². The molecule has 146 valence electrons. The Labute approximate surface area is 169 Å². The quantitative estimate of drug-likeness (QED) is 0.264. The summed E-state index contributed by atoms with van der Waals surface area (Å²) >= 11 is 2.56. The van der Waals surface area contributed by atoms with Crippen LogP contribution in [-0.2, 0) is 9.53 Å². The van der Waals surface area contributed by atoms with E-state index in [9.17, 15) is 14.4 Å². The van der Waals surface area contributed by atoms with Crippen LogP contribution in [-0.4, -0.2) is 34.7 Å². The molecule has 0 unspecified atom stereocenters. The number of aromatic nitrogens is 2. The van der Waals surface area contributed by atoms with Crippen LogP contribution in [0.1, 0.15) is 28.1 Å². The van der Waals surface area contributed by atoms with Crippen LogP contribution >= 0.6 is 23.1 Å². The van der Waals surface area contributed by atoms with Gasteiger partial charge in [0.05, 0.1) is 17.4 Å². The molecular formula is C19H19N3O4S2. The van der Waals surface area contributed by atoms with Gasteiger partial charge in [0.1, 0.15) is 4.83 Å². The van der Waals surface area contributed by atoms with Crippen LogP contribution in [0.5, 0.6) is 0 Å². The van der Waals surface area contributed by atoms with Gasteiger partial charge >= 0.3 is 5.97 Å². The van der Waals surface area contributed by atoms with Gasteiger partial charge in [0.15, 0.2) is 5.16 Å². The highest BCUT2D eigenvalue weighted by Crippen LogP contribution is 2.29. The lowest BCUT2D eigenvalue weighted by Gasteiger charge is -2.03. The Morgan fingerprint density at radius 3 is 2.75 bits per heavy atom. The summed E-state index contributed by atoms with van der Waals surface area (Å²) in [5, 5.41) is 3.74. The van der Waals surface area contributed by atoms with E-state index in [2.05, 4.69) is 20.0 Å². The number of para-hydroxylation sites is 1. The van der Waals surface area contributed by atoms with Gasteiger partial charge in [0, 0.05) is 17.9 Å². The van der Waals surface area contributed by atoms with Gasteiger partial charge in [-0.05, 0) is 31.0 Å². The number of nitrogens with zero attached hydrogens (tertiary/aromatic N) is 1. The van der Waals surface area contributed by atoms with E-state index in [4.69, 9.17) is 0 Å². The highest BCUT2D eigenvalue weighted by molar-refractivity contribution is 7.99. The average molecular weight is 418 g/mol. The smallest absolute Gasteiger partial charge is 0.305 e. The van der Waals surface area contributed by atoms with Gasteiger partial charge in [-0.3, -0.25) is 14.4 Å². The first-order valence-electron chi connectivity index (χ1n) is 8.59. The zero-order valence-electron chi connectivity index (χ0n) is 15.4. The van der Waals surface area contributed by atoms with E-state index >= 15 is 0 Å². The first kappa shape index (κ1) is 20.1. The zero-order valence-corrected chi connectivity index (χ0v) is 17.0. The number of hydrogen-bond donors (Lipinski definition) is 2. The molecule has 7 nitrogen and oxygen atoms in total. The zero-order chi connectivity index (χ0) is 20.1. The Kier molecular flexibility index (Phi) is 6.48. The van der Waals surface area contributed by atoms with Gasteiger partial charge in [-0.25, -0.2) is 4.98 Å². The second-order valence-electron chi connectivity index (χ2n) is 5.96. The topological polar surface area (TPSA) is 101 Å². The number of methoxy groups -OCH3 is 1. The van der Waals surface area contributed by atoms with Crippen molar-refractivity contribution in [1.29, 1.82) is 0 Å². The lowest BCUT2D eigenvalue weighted by Crippen LogP contribution is -2.12. The van der Waals surface area contributed by atoms with E-state index in [0.717, 1.165) is 0 Å². The summed E-state index contributed by atoms with van der Waals surface area (Å²) in [4.78, 5) is 44.5. The van der Waals surface area contributed by atoms with Crippen molar-refractivity contribution in [2.24, 2.45) is 0 Å². The number of carbonyl (C=O) groups excluding carboxylic acids is 2. The van der Waals surface area contributed by atoms with Crippen LogP contribution in [0.2, 0.25) is 0 Å². The summed E-state index contributed by atoms with van der Waals surface area (Å²) in [6.07, 6.45) is 0.936. The van der Waals surface area contributed by atoms with E-state index in [1.807, 2.05) is 18.2 Å². The maximum absolute atomic E-state index is 12.6. The van der Waals surface area contributed by atoms with Crippen molar-refractivity contribution in [3.8, 4) is 0 Å². The van der Waals surface area contributed by atoms with E-state index < -0.39 is 0 Å². The van der Waals surface area contributed by atoms with Crippen molar-refractivity contribution >= 4 is 50.9 Å². The molecule has 0 bridgehead atoms. The fraction of sp³-hybridized carbons (Fsp3) is 0.263. The van der Waals surface area contributed by atoms with Gasteiger partial charge in [-0.15, -0.1) is 11.3 Å². The number of thioether (sulfide) groups is 1. The van der Waals surface area contributed by atoms with Gasteiger partial charge in [-0.1, -0.05) is 30.0 Å². The molecule has 9 heteroatoms. The van der Waals surface area contributed by atoms with Crippen LogP contribution in [0.15, 0.2) is 40.3 Å². The van der Waals surface area contributed by atoms with Crippen LogP contribution in [0, 0.1) is 6.92 Å². The summed E-state index contributed by atoms with van der Waals surface area (Å²) in [5.74, 6) is 0.0914. The molecule has 0 atom stereocenters. The number of rotatable bonds is 7.